The zero-order valence-electron chi connectivity index (χ0n) is 17.3. The van der Waals surface area contributed by atoms with Gasteiger partial charge >= 0.3 is 5.97 Å². The lowest BCUT2D eigenvalue weighted by Gasteiger charge is -2.14. The molecule has 0 aliphatic rings. The van der Waals surface area contributed by atoms with Crippen LogP contribution in [0, 0.1) is 13.8 Å². The molecule has 0 radical (unpaired) electrons. The third kappa shape index (κ3) is 5.45. The van der Waals surface area contributed by atoms with E-state index >= 15 is 0 Å². The van der Waals surface area contributed by atoms with Gasteiger partial charge in [-0.1, -0.05) is 42.5 Å². The lowest BCUT2D eigenvalue weighted by molar-refractivity contribution is -0.137. The van der Waals surface area contributed by atoms with Crippen molar-refractivity contribution < 1.29 is 19.7 Å². The summed E-state index contributed by atoms with van der Waals surface area (Å²) in [5.41, 5.74) is 6.72. The van der Waals surface area contributed by atoms with E-state index in [4.69, 9.17) is 9.84 Å². The zero-order chi connectivity index (χ0) is 21.5. The quantitative estimate of drug-likeness (QED) is 0.530. The molecular formula is C25H27NO4. The molecule has 3 aromatic rings. The maximum absolute atomic E-state index is 11.0. The van der Waals surface area contributed by atoms with Gasteiger partial charge in [0.25, 0.3) is 0 Å². The van der Waals surface area contributed by atoms with Crippen LogP contribution in [-0.4, -0.2) is 27.8 Å². The molecule has 1 heterocycles. The van der Waals surface area contributed by atoms with Crippen LogP contribution in [0.4, 0.5) is 0 Å². The first-order chi connectivity index (χ1) is 14.5. The van der Waals surface area contributed by atoms with Gasteiger partial charge in [-0.3, -0.25) is 4.79 Å². The Kier molecular flexibility index (Phi) is 7.20. The molecular weight excluding hydrogens is 378 g/mol. The number of rotatable bonds is 9. The lowest BCUT2D eigenvalue weighted by Crippen LogP contribution is -2.08. The van der Waals surface area contributed by atoms with Crippen molar-refractivity contribution in [1.29, 1.82) is 0 Å². The molecule has 2 aromatic carbocycles. The topological polar surface area (TPSA) is 79.7 Å². The predicted molar refractivity (Wildman–Crippen MR) is 117 cm³/mol. The first-order valence-electron chi connectivity index (χ1n) is 10.0. The van der Waals surface area contributed by atoms with Crippen molar-refractivity contribution in [3.05, 3.63) is 83.0 Å². The highest BCUT2D eigenvalue weighted by Crippen LogP contribution is 2.28. The Balaban J connectivity index is 1.69. The Morgan fingerprint density at radius 2 is 1.80 bits per heavy atom. The van der Waals surface area contributed by atoms with Crippen LogP contribution in [0.15, 0.2) is 60.8 Å². The van der Waals surface area contributed by atoms with E-state index in [-0.39, 0.29) is 18.9 Å². The van der Waals surface area contributed by atoms with Crippen LogP contribution >= 0.6 is 0 Å². The Morgan fingerprint density at radius 1 is 1.07 bits per heavy atom. The van der Waals surface area contributed by atoms with Crippen LogP contribution in [0.2, 0.25) is 0 Å². The van der Waals surface area contributed by atoms with Gasteiger partial charge in [-0.05, 0) is 65.6 Å². The molecule has 0 aliphatic heterocycles. The Bertz CT molecular complexity index is 978. The van der Waals surface area contributed by atoms with Crippen LogP contribution in [-0.2, 0) is 11.4 Å². The van der Waals surface area contributed by atoms with E-state index in [1.807, 2.05) is 18.2 Å². The number of carbonyl (C=O) groups is 1. The molecule has 0 spiro atoms. The molecule has 3 rings (SSSR count). The van der Waals surface area contributed by atoms with E-state index in [9.17, 15) is 9.90 Å². The van der Waals surface area contributed by atoms with Crippen LogP contribution < -0.4 is 4.74 Å². The average molecular weight is 405 g/mol. The number of ether oxygens (including phenoxy) is 1. The Morgan fingerprint density at radius 3 is 2.43 bits per heavy atom. The standard InChI is InChI=1S/C25H27NO4/c1-17-5-3-6-18(2)25(17)21-8-4-7-19(13-21)16-30-23-10-9-22(15-26-23)20(11-12-27)14-24(28)29/h3-10,13,15,20,27H,11-12,14,16H2,1-2H3,(H,28,29). The first-order valence-corrected chi connectivity index (χ1v) is 10.0. The number of carboxylic acid groups (broad SMARTS) is 1. The molecule has 1 aromatic heterocycles. The number of hydrogen-bond donors (Lipinski definition) is 2. The molecule has 156 valence electrons. The van der Waals surface area contributed by atoms with Gasteiger partial charge in [0.05, 0.1) is 6.42 Å². The number of hydrogen-bond acceptors (Lipinski definition) is 4. The van der Waals surface area contributed by atoms with Gasteiger partial charge < -0.3 is 14.9 Å². The molecule has 0 fully saturated rings. The van der Waals surface area contributed by atoms with Gasteiger partial charge in [-0.2, -0.15) is 0 Å². The van der Waals surface area contributed by atoms with E-state index in [1.165, 1.54) is 16.7 Å². The fraction of sp³-hybridized carbons (Fsp3) is 0.280. The van der Waals surface area contributed by atoms with Gasteiger partial charge in [-0.15, -0.1) is 0 Å². The van der Waals surface area contributed by atoms with Crippen molar-refractivity contribution >= 4 is 5.97 Å². The molecule has 30 heavy (non-hydrogen) atoms. The molecule has 0 bridgehead atoms. The lowest BCUT2D eigenvalue weighted by atomic mass is 9.94. The molecule has 0 saturated carbocycles. The van der Waals surface area contributed by atoms with E-state index in [0.29, 0.717) is 18.9 Å². The molecule has 1 unspecified atom stereocenters. The summed E-state index contributed by atoms with van der Waals surface area (Å²) in [4.78, 5) is 15.3. The molecule has 0 saturated heterocycles. The number of nitrogens with zero attached hydrogens (tertiary/aromatic N) is 1. The fourth-order valence-electron chi connectivity index (χ4n) is 3.72. The van der Waals surface area contributed by atoms with Gasteiger partial charge in [0.1, 0.15) is 6.61 Å². The second kappa shape index (κ2) is 10.0. The zero-order valence-corrected chi connectivity index (χ0v) is 17.3. The summed E-state index contributed by atoms with van der Waals surface area (Å²) in [6.07, 6.45) is 1.98. The fourth-order valence-corrected chi connectivity index (χ4v) is 3.72. The summed E-state index contributed by atoms with van der Waals surface area (Å²) in [7, 11) is 0. The monoisotopic (exact) mass is 405 g/mol. The number of aromatic nitrogens is 1. The largest absolute Gasteiger partial charge is 0.481 e. The van der Waals surface area contributed by atoms with Crippen molar-refractivity contribution in [2.75, 3.05) is 6.61 Å². The van der Waals surface area contributed by atoms with Crippen LogP contribution in [0.1, 0.15) is 41.0 Å². The van der Waals surface area contributed by atoms with Crippen molar-refractivity contribution in [1.82, 2.24) is 4.98 Å². The maximum atomic E-state index is 11.0. The van der Waals surface area contributed by atoms with Gasteiger partial charge in [-0.25, -0.2) is 4.98 Å². The summed E-state index contributed by atoms with van der Waals surface area (Å²) in [6, 6.07) is 18.2. The van der Waals surface area contributed by atoms with Crippen molar-refractivity contribution in [2.24, 2.45) is 0 Å². The highest BCUT2D eigenvalue weighted by Gasteiger charge is 2.16. The predicted octanol–water partition coefficient (Wildman–Crippen LogP) is 4.89. The summed E-state index contributed by atoms with van der Waals surface area (Å²) in [5, 5.41) is 18.2. The van der Waals surface area contributed by atoms with Crippen LogP contribution in [0.25, 0.3) is 11.1 Å². The Labute approximate surface area is 177 Å². The average Bonchev–Trinajstić information content (AvgIpc) is 2.72. The molecule has 0 amide bonds. The smallest absolute Gasteiger partial charge is 0.303 e. The maximum Gasteiger partial charge on any atom is 0.303 e. The van der Waals surface area contributed by atoms with Crippen LogP contribution in [0.3, 0.4) is 0 Å². The number of aliphatic hydroxyl groups is 1. The number of carboxylic acids is 1. The third-order valence-electron chi connectivity index (χ3n) is 5.21. The number of aliphatic hydroxyl groups excluding tert-OH is 1. The SMILES string of the molecule is Cc1cccc(C)c1-c1cccc(COc2ccc(C(CCO)CC(=O)O)cn2)c1. The highest BCUT2D eigenvalue weighted by molar-refractivity contribution is 5.71. The summed E-state index contributed by atoms with van der Waals surface area (Å²) < 4.78 is 5.84. The molecule has 1 atom stereocenters. The first kappa shape index (κ1) is 21.5. The summed E-state index contributed by atoms with van der Waals surface area (Å²) in [6.45, 7) is 4.56. The minimum Gasteiger partial charge on any atom is -0.481 e. The molecule has 5 heteroatoms. The Hall–Kier alpha value is -3.18. The molecule has 2 N–H and O–H groups in total. The van der Waals surface area contributed by atoms with Crippen molar-refractivity contribution in [3.63, 3.8) is 0 Å². The van der Waals surface area contributed by atoms with Crippen molar-refractivity contribution in [2.45, 2.75) is 39.2 Å². The van der Waals surface area contributed by atoms with Crippen molar-refractivity contribution in [3.8, 4) is 17.0 Å². The van der Waals surface area contributed by atoms with E-state index in [1.54, 1.807) is 12.3 Å². The van der Waals surface area contributed by atoms with E-state index in [0.717, 1.165) is 16.7 Å². The second-order valence-electron chi connectivity index (χ2n) is 7.49. The highest BCUT2D eigenvalue weighted by atomic mass is 16.5. The third-order valence-corrected chi connectivity index (χ3v) is 5.21. The van der Waals surface area contributed by atoms with E-state index in [2.05, 4.69) is 49.2 Å². The molecule has 5 nitrogen and oxygen atoms in total. The second-order valence-corrected chi connectivity index (χ2v) is 7.49. The van der Waals surface area contributed by atoms with Crippen LogP contribution in [0.5, 0.6) is 5.88 Å². The normalized spacial score (nSPS) is 11.8. The number of pyridine rings is 1. The molecule has 0 aliphatic carbocycles. The minimum absolute atomic E-state index is 0.0342. The van der Waals surface area contributed by atoms with Gasteiger partial charge in [0.15, 0.2) is 0 Å². The summed E-state index contributed by atoms with van der Waals surface area (Å²) in [5.74, 6) is -0.671. The van der Waals surface area contributed by atoms with E-state index < -0.39 is 5.97 Å². The van der Waals surface area contributed by atoms with Gasteiger partial charge in [0.2, 0.25) is 5.88 Å². The van der Waals surface area contributed by atoms with Gasteiger partial charge in [0, 0.05) is 18.9 Å². The number of aryl methyl sites for hydroxylation is 2. The minimum atomic E-state index is -0.891. The number of aliphatic carboxylic acids is 1. The number of benzene rings is 2. The summed E-state index contributed by atoms with van der Waals surface area (Å²) >= 11 is 0.